The summed E-state index contributed by atoms with van der Waals surface area (Å²) in [6, 6.07) is 10.5. The zero-order valence-electron chi connectivity index (χ0n) is 14.1. The van der Waals surface area contributed by atoms with E-state index in [0.717, 1.165) is 43.3 Å². The first-order valence-electron chi connectivity index (χ1n) is 8.92. The van der Waals surface area contributed by atoms with Gasteiger partial charge in [-0.15, -0.1) is 11.3 Å². The molecular weight excluding hydrogens is 328 g/mol. The van der Waals surface area contributed by atoms with Crippen molar-refractivity contribution in [3.8, 4) is 10.6 Å². The van der Waals surface area contributed by atoms with Gasteiger partial charge in [-0.3, -0.25) is 9.88 Å². The Hall–Kier alpha value is -2.11. The SMILES string of the molecule is c1cc(CN2CCc3nc(C4CC4)ncc3C2)nc(-c2cccs2)c1. The Labute approximate surface area is 151 Å². The van der Waals surface area contributed by atoms with E-state index in [4.69, 9.17) is 9.97 Å². The summed E-state index contributed by atoms with van der Waals surface area (Å²) < 4.78 is 0. The van der Waals surface area contributed by atoms with E-state index in [2.05, 4.69) is 51.8 Å². The average Bonchev–Trinajstić information content (AvgIpc) is 3.35. The lowest BCUT2D eigenvalue weighted by atomic mass is 10.1. The van der Waals surface area contributed by atoms with Crippen LogP contribution in [0, 0.1) is 0 Å². The Morgan fingerprint density at radius 2 is 2.08 bits per heavy atom. The molecule has 0 amide bonds. The summed E-state index contributed by atoms with van der Waals surface area (Å²) in [7, 11) is 0. The number of aromatic nitrogens is 3. The molecule has 0 unspecified atom stereocenters. The minimum Gasteiger partial charge on any atom is -0.293 e. The van der Waals surface area contributed by atoms with Crippen LogP contribution >= 0.6 is 11.3 Å². The highest BCUT2D eigenvalue weighted by Crippen LogP contribution is 2.38. The van der Waals surface area contributed by atoms with Crippen molar-refractivity contribution in [1.82, 2.24) is 19.9 Å². The fourth-order valence-electron chi connectivity index (χ4n) is 3.42. The standard InChI is InChI=1S/C20H20N4S/c1-3-16(22-18(4-1)19-5-2-10-25-19)13-24-9-8-17-15(12-24)11-21-20(23-17)14-6-7-14/h1-5,10-11,14H,6-9,12-13H2. The molecule has 0 aromatic carbocycles. The monoisotopic (exact) mass is 348 g/mol. The second-order valence-corrected chi connectivity index (χ2v) is 7.87. The van der Waals surface area contributed by atoms with Crippen LogP contribution in [0.15, 0.2) is 41.9 Å². The molecule has 3 aromatic rings. The zero-order chi connectivity index (χ0) is 16.6. The minimum absolute atomic E-state index is 0.632. The van der Waals surface area contributed by atoms with Crippen LogP contribution < -0.4 is 0 Å². The second kappa shape index (κ2) is 6.32. The Morgan fingerprint density at radius 3 is 2.92 bits per heavy atom. The summed E-state index contributed by atoms with van der Waals surface area (Å²) in [6.45, 7) is 2.84. The van der Waals surface area contributed by atoms with Crippen LogP contribution in [0.2, 0.25) is 0 Å². The second-order valence-electron chi connectivity index (χ2n) is 6.93. The van der Waals surface area contributed by atoms with E-state index in [1.54, 1.807) is 11.3 Å². The van der Waals surface area contributed by atoms with Gasteiger partial charge in [-0.05, 0) is 36.4 Å². The topological polar surface area (TPSA) is 41.9 Å². The molecule has 0 saturated heterocycles. The third-order valence-corrected chi connectivity index (χ3v) is 5.83. The van der Waals surface area contributed by atoms with E-state index in [-0.39, 0.29) is 0 Å². The third kappa shape index (κ3) is 3.22. The molecule has 5 heteroatoms. The molecule has 0 atom stereocenters. The first-order valence-corrected chi connectivity index (χ1v) is 9.80. The van der Waals surface area contributed by atoms with Crippen LogP contribution in [0.3, 0.4) is 0 Å². The zero-order valence-corrected chi connectivity index (χ0v) is 14.9. The molecule has 1 saturated carbocycles. The summed E-state index contributed by atoms with van der Waals surface area (Å²) in [6.07, 6.45) is 5.59. The third-order valence-electron chi connectivity index (χ3n) is 4.94. The van der Waals surface area contributed by atoms with Crippen LogP contribution in [0.25, 0.3) is 10.6 Å². The van der Waals surface area contributed by atoms with Crippen molar-refractivity contribution in [2.75, 3.05) is 6.54 Å². The first-order chi connectivity index (χ1) is 12.3. The molecule has 0 N–H and O–H groups in total. The maximum atomic E-state index is 4.85. The van der Waals surface area contributed by atoms with Crippen molar-refractivity contribution in [2.24, 2.45) is 0 Å². The minimum atomic E-state index is 0.632. The highest BCUT2D eigenvalue weighted by Gasteiger charge is 2.28. The van der Waals surface area contributed by atoms with Crippen LogP contribution in [-0.2, 0) is 19.5 Å². The number of pyridine rings is 1. The molecule has 2 aliphatic rings. The fourth-order valence-corrected chi connectivity index (χ4v) is 4.12. The van der Waals surface area contributed by atoms with Gasteiger partial charge in [-0.1, -0.05) is 12.1 Å². The average molecular weight is 348 g/mol. The Morgan fingerprint density at radius 1 is 1.12 bits per heavy atom. The van der Waals surface area contributed by atoms with Crippen molar-refractivity contribution in [1.29, 1.82) is 0 Å². The van der Waals surface area contributed by atoms with Crippen molar-refractivity contribution >= 4 is 11.3 Å². The van der Waals surface area contributed by atoms with Gasteiger partial charge < -0.3 is 0 Å². The van der Waals surface area contributed by atoms with Gasteiger partial charge in [0, 0.05) is 49.4 Å². The van der Waals surface area contributed by atoms with Gasteiger partial charge in [0.1, 0.15) is 5.82 Å². The predicted molar refractivity (Wildman–Crippen MR) is 99.4 cm³/mol. The van der Waals surface area contributed by atoms with Gasteiger partial charge in [0.05, 0.1) is 16.3 Å². The fraction of sp³-hybridized carbons (Fsp3) is 0.350. The molecule has 0 spiro atoms. The van der Waals surface area contributed by atoms with E-state index >= 15 is 0 Å². The number of fused-ring (bicyclic) bond motifs is 1. The Kier molecular flexibility index (Phi) is 3.83. The summed E-state index contributed by atoms with van der Waals surface area (Å²) in [5, 5.41) is 2.10. The molecule has 5 rings (SSSR count). The van der Waals surface area contributed by atoms with Gasteiger partial charge in [0.15, 0.2) is 0 Å². The highest BCUT2D eigenvalue weighted by atomic mass is 32.1. The lowest BCUT2D eigenvalue weighted by molar-refractivity contribution is 0.240. The maximum Gasteiger partial charge on any atom is 0.131 e. The van der Waals surface area contributed by atoms with Gasteiger partial charge >= 0.3 is 0 Å². The lowest BCUT2D eigenvalue weighted by Gasteiger charge is -2.27. The summed E-state index contributed by atoms with van der Waals surface area (Å²) in [5.74, 6) is 1.70. The highest BCUT2D eigenvalue weighted by molar-refractivity contribution is 7.13. The molecule has 1 aliphatic heterocycles. The molecule has 126 valence electrons. The Bertz CT molecular complexity index is 886. The molecule has 25 heavy (non-hydrogen) atoms. The number of hydrogen-bond acceptors (Lipinski definition) is 5. The van der Waals surface area contributed by atoms with E-state index in [1.165, 1.54) is 29.0 Å². The summed E-state index contributed by atoms with van der Waals surface area (Å²) in [5.41, 5.74) is 4.74. The number of thiophene rings is 1. The quantitative estimate of drug-likeness (QED) is 0.714. The van der Waals surface area contributed by atoms with Crippen LogP contribution in [0.1, 0.15) is 41.5 Å². The number of hydrogen-bond donors (Lipinski definition) is 0. The predicted octanol–water partition coefficient (Wildman–Crippen LogP) is 4.04. The Balaban J connectivity index is 1.31. The van der Waals surface area contributed by atoms with Crippen LogP contribution in [-0.4, -0.2) is 26.4 Å². The van der Waals surface area contributed by atoms with Gasteiger partial charge in [-0.25, -0.2) is 9.97 Å². The number of rotatable bonds is 4. The molecule has 1 fully saturated rings. The summed E-state index contributed by atoms with van der Waals surface area (Å²) in [4.78, 5) is 17.9. The largest absolute Gasteiger partial charge is 0.293 e. The smallest absolute Gasteiger partial charge is 0.131 e. The molecular formula is C20H20N4S. The van der Waals surface area contributed by atoms with Gasteiger partial charge in [0.2, 0.25) is 0 Å². The first kappa shape index (κ1) is 15.2. The molecule has 3 aromatic heterocycles. The van der Waals surface area contributed by atoms with Crippen molar-refractivity contribution < 1.29 is 0 Å². The van der Waals surface area contributed by atoms with Gasteiger partial charge in [-0.2, -0.15) is 0 Å². The van der Waals surface area contributed by atoms with Crippen molar-refractivity contribution in [3.63, 3.8) is 0 Å². The van der Waals surface area contributed by atoms with E-state index in [9.17, 15) is 0 Å². The van der Waals surface area contributed by atoms with E-state index < -0.39 is 0 Å². The van der Waals surface area contributed by atoms with E-state index in [0.29, 0.717) is 5.92 Å². The molecule has 4 nitrogen and oxygen atoms in total. The molecule has 0 radical (unpaired) electrons. The van der Waals surface area contributed by atoms with E-state index in [1.807, 2.05) is 0 Å². The summed E-state index contributed by atoms with van der Waals surface area (Å²) >= 11 is 1.74. The molecule has 1 aliphatic carbocycles. The van der Waals surface area contributed by atoms with Crippen molar-refractivity contribution in [3.05, 3.63) is 64.7 Å². The maximum absolute atomic E-state index is 4.85. The van der Waals surface area contributed by atoms with Crippen LogP contribution in [0.4, 0.5) is 0 Å². The molecule has 4 heterocycles. The van der Waals surface area contributed by atoms with Crippen LogP contribution in [0.5, 0.6) is 0 Å². The number of nitrogens with zero attached hydrogens (tertiary/aromatic N) is 4. The van der Waals surface area contributed by atoms with Gasteiger partial charge in [0.25, 0.3) is 0 Å². The molecule has 0 bridgehead atoms. The lowest BCUT2D eigenvalue weighted by Crippen LogP contribution is -2.31. The normalized spacial score (nSPS) is 17.4. The van der Waals surface area contributed by atoms with Crippen molar-refractivity contribution in [2.45, 2.75) is 38.3 Å².